The lowest BCUT2D eigenvalue weighted by molar-refractivity contribution is -0.120. The smallest absolute Gasteiger partial charge is 0.153 e. The Kier molecular flexibility index (Phi) is 3.65. The second-order valence-corrected chi connectivity index (χ2v) is 2.95. The number of hydrogen-bond donors (Lipinski definition) is 1. The zero-order valence-corrected chi connectivity index (χ0v) is 8.08. The number of benzene rings is 1. The van der Waals surface area contributed by atoms with Crippen LogP contribution in [0.15, 0.2) is 30.3 Å². The molecule has 0 aliphatic heterocycles. The summed E-state index contributed by atoms with van der Waals surface area (Å²) in [5, 5.41) is 3.02. The molecule has 0 fully saturated rings. The van der Waals surface area contributed by atoms with E-state index in [1.165, 1.54) is 0 Å². The molecule has 1 N–H and O–H groups in total. The molecule has 0 aliphatic rings. The summed E-state index contributed by atoms with van der Waals surface area (Å²) >= 11 is 0. The van der Waals surface area contributed by atoms with E-state index in [0.29, 0.717) is 6.42 Å². The van der Waals surface area contributed by atoms with Crippen LogP contribution in [0.5, 0.6) is 0 Å². The maximum atomic E-state index is 11.5. The largest absolute Gasteiger partial charge is 0.307 e. The van der Waals surface area contributed by atoms with Gasteiger partial charge in [0, 0.05) is 6.42 Å². The van der Waals surface area contributed by atoms with E-state index in [1.54, 1.807) is 0 Å². The molecule has 0 aliphatic carbocycles. The van der Waals surface area contributed by atoms with Gasteiger partial charge in [-0.3, -0.25) is 4.79 Å². The van der Waals surface area contributed by atoms with Crippen molar-refractivity contribution in [3.8, 4) is 0 Å². The Morgan fingerprint density at radius 1 is 1.38 bits per heavy atom. The summed E-state index contributed by atoms with van der Waals surface area (Å²) < 4.78 is 0. The molecule has 1 aromatic rings. The average molecular weight is 177 g/mol. The van der Waals surface area contributed by atoms with Gasteiger partial charge in [-0.25, -0.2) is 0 Å². The summed E-state index contributed by atoms with van der Waals surface area (Å²) in [6, 6.07) is 9.63. The van der Waals surface area contributed by atoms with Crippen LogP contribution < -0.4 is 5.32 Å². The normalized spacial score (nSPS) is 12.5. The summed E-state index contributed by atoms with van der Waals surface area (Å²) in [7, 11) is 1.81. The lowest BCUT2D eigenvalue weighted by atomic mass is 10.0. The van der Waals surface area contributed by atoms with Gasteiger partial charge in [-0.2, -0.15) is 0 Å². The Hall–Kier alpha value is -1.15. The van der Waals surface area contributed by atoms with E-state index in [2.05, 4.69) is 5.32 Å². The molecule has 70 valence electrons. The number of carbonyl (C=O) groups is 1. The predicted molar refractivity (Wildman–Crippen MR) is 53.5 cm³/mol. The van der Waals surface area contributed by atoms with Crippen LogP contribution in [0.2, 0.25) is 0 Å². The lowest BCUT2D eigenvalue weighted by Gasteiger charge is -2.13. The molecule has 0 saturated carbocycles. The van der Waals surface area contributed by atoms with Crippen molar-refractivity contribution in [3.63, 3.8) is 0 Å². The van der Waals surface area contributed by atoms with Crippen LogP contribution in [0.1, 0.15) is 24.9 Å². The minimum absolute atomic E-state index is 0.147. The molecule has 0 radical (unpaired) electrons. The molecule has 0 heterocycles. The Morgan fingerprint density at radius 2 is 2.00 bits per heavy atom. The third kappa shape index (κ3) is 2.39. The van der Waals surface area contributed by atoms with Crippen LogP contribution in [0.4, 0.5) is 0 Å². The van der Waals surface area contributed by atoms with Gasteiger partial charge in [0.05, 0.1) is 6.04 Å². The van der Waals surface area contributed by atoms with Crippen molar-refractivity contribution in [1.29, 1.82) is 0 Å². The van der Waals surface area contributed by atoms with Crippen LogP contribution in [0.3, 0.4) is 0 Å². The number of carbonyl (C=O) groups excluding carboxylic acids is 1. The van der Waals surface area contributed by atoms with Gasteiger partial charge in [0.25, 0.3) is 0 Å². The van der Waals surface area contributed by atoms with Crippen LogP contribution in [0.25, 0.3) is 0 Å². The molecule has 1 atom stereocenters. The first-order valence-corrected chi connectivity index (χ1v) is 4.54. The number of ketones is 1. The second kappa shape index (κ2) is 4.77. The molecule has 0 spiro atoms. The van der Waals surface area contributed by atoms with Gasteiger partial charge in [0.1, 0.15) is 0 Å². The number of hydrogen-bond acceptors (Lipinski definition) is 2. The third-order valence-electron chi connectivity index (χ3n) is 2.09. The molecule has 0 amide bonds. The fourth-order valence-electron chi connectivity index (χ4n) is 1.36. The van der Waals surface area contributed by atoms with Crippen molar-refractivity contribution in [1.82, 2.24) is 5.32 Å². The zero-order valence-electron chi connectivity index (χ0n) is 8.08. The molecule has 13 heavy (non-hydrogen) atoms. The highest BCUT2D eigenvalue weighted by molar-refractivity contribution is 5.84. The SMILES string of the molecule is CCC(=O)C(NC)c1ccccc1. The Labute approximate surface area is 79.0 Å². The molecule has 1 aromatic carbocycles. The highest BCUT2D eigenvalue weighted by atomic mass is 16.1. The Balaban J connectivity index is 2.85. The molecule has 1 unspecified atom stereocenters. The second-order valence-electron chi connectivity index (χ2n) is 2.95. The summed E-state index contributed by atoms with van der Waals surface area (Å²) in [6.45, 7) is 1.88. The highest BCUT2D eigenvalue weighted by Crippen LogP contribution is 2.13. The molecule has 1 rings (SSSR count). The van der Waals surface area contributed by atoms with Gasteiger partial charge in [-0.15, -0.1) is 0 Å². The van der Waals surface area contributed by atoms with Gasteiger partial charge in [0.2, 0.25) is 0 Å². The maximum absolute atomic E-state index is 11.5. The minimum atomic E-state index is -0.147. The van der Waals surface area contributed by atoms with Crippen molar-refractivity contribution in [2.75, 3.05) is 7.05 Å². The maximum Gasteiger partial charge on any atom is 0.153 e. The average Bonchev–Trinajstić information content (AvgIpc) is 2.20. The molecule has 0 aromatic heterocycles. The topological polar surface area (TPSA) is 29.1 Å². The number of nitrogens with one attached hydrogen (secondary N) is 1. The standard InChI is InChI=1S/C11H15NO/c1-3-10(13)11(12-2)9-7-5-4-6-8-9/h4-8,11-12H,3H2,1-2H3. The first-order valence-electron chi connectivity index (χ1n) is 4.54. The van der Waals surface area contributed by atoms with E-state index in [1.807, 2.05) is 44.3 Å². The van der Waals surface area contributed by atoms with Gasteiger partial charge in [-0.1, -0.05) is 37.3 Å². The molecular formula is C11H15NO. The van der Waals surface area contributed by atoms with E-state index in [0.717, 1.165) is 5.56 Å². The van der Waals surface area contributed by atoms with Crippen molar-refractivity contribution >= 4 is 5.78 Å². The van der Waals surface area contributed by atoms with Crippen LogP contribution >= 0.6 is 0 Å². The predicted octanol–water partition coefficient (Wildman–Crippen LogP) is 1.93. The first kappa shape index (κ1) is 9.93. The van der Waals surface area contributed by atoms with Gasteiger partial charge in [-0.05, 0) is 12.6 Å². The van der Waals surface area contributed by atoms with Gasteiger partial charge >= 0.3 is 0 Å². The van der Waals surface area contributed by atoms with Gasteiger partial charge < -0.3 is 5.32 Å². The van der Waals surface area contributed by atoms with E-state index in [4.69, 9.17) is 0 Å². The summed E-state index contributed by atoms with van der Waals surface area (Å²) in [5.74, 6) is 0.230. The quantitative estimate of drug-likeness (QED) is 0.761. The summed E-state index contributed by atoms with van der Waals surface area (Å²) in [5.41, 5.74) is 1.04. The molecule has 0 bridgehead atoms. The molecular weight excluding hydrogens is 162 g/mol. The molecule has 2 heteroatoms. The van der Waals surface area contributed by atoms with Crippen molar-refractivity contribution in [3.05, 3.63) is 35.9 Å². The molecule has 0 saturated heterocycles. The highest BCUT2D eigenvalue weighted by Gasteiger charge is 2.15. The fraction of sp³-hybridized carbons (Fsp3) is 0.364. The first-order chi connectivity index (χ1) is 6.29. The summed E-state index contributed by atoms with van der Waals surface area (Å²) in [6.07, 6.45) is 0.570. The number of Topliss-reactive ketones (excluding diaryl/α,β-unsaturated/α-hetero) is 1. The van der Waals surface area contributed by atoms with E-state index in [-0.39, 0.29) is 11.8 Å². The van der Waals surface area contributed by atoms with Crippen molar-refractivity contribution < 1.29 is 4.79 Å². The minimum Gasteiger partial charge on any atom is -0.307 e. The fourth-order valence-corrected chi connectivity index (χ4v) is 1.36. The van der Waals surface area contributed by atoms with E-state index < -0.39 is 0 Å². The van der Waals surface area contributed by atoms with Crippen LogP contribution in [-0.2, 0) is 4.79 Å². The van der Waals surface area contributed by atoms with Crippen molar-refractivity contribution in [2.45, 2.75) is 19.4 Å². The van der Waals surface area contributed by atoms with Gasteiger partial charge in [0.15, 0.2) is 5.78 Å². The Bertz CT molecular complexity index is 269. The zero-order chi connectivity index (χ0) is 9.68. The number of rotatable bonds is 4. The van der Waals surface area contributed by atoms with E-state index >= 15 is 0 Å². The van der Waals surface area contributed by atoms with Crippen molar-refractivity contribution in [2.24, 2.45) is 0 Å². The lowest BCUT2D eigenvalue weighted by Crippen LogP contribution is -2.24. The monoisotopic (exact) mass is 177 g/mol. The number of likely N-dealkylation sites (N-methyl/N-ethyl adjacent to an activating group) is 1. The third-order valence-corrected chi connectivity index (χ3v) is 2.09. The molecule has 2 nitrogen and oxygen atoms in total. The Morgan fingerprint density at radius 3 is 2.46 bits per heavy atom. The van der Waals surface area contributed by atoms with E-state index in [9.17, 15) is 4.79 Å². The summed E-state index contributed by atoms with van der Waals surface area (Å²) in [4.78, 5) is 11.5. The van der Waals surface area contributed by atoms with Crippen LogP contribution in [-0.4, -0.2) is 12.8 Å². The van der Waals surface area contributed by atoms with Crippen LogP contribution in [0, 0.1) is 0 Å².